The first kappa shape index (κ1) is 32.7. The van der Waals surface area contributed by atoms with Crippen molar-refractivity contribution >= 4 is 36.0 Å². The summed E-state index contributed by atoms with van der Waals surface area (Å²) in [5.74, 6) is -2.72. The molecule has 0 fully saturated rings. The average molecular weight is 550 g/mol. The van der Waals surface area contributed by atoms with Gasteiger partial charge in [0.15, 0.2) is 5.96 Å². The highest BCUT2D eigenvalue weighted by molar-refractivity contribution is 6.01. The summed E-state index contributed by atoms with van der Waals surface area (Å²) in [6.07, 6.45) is -1.55. The Labute approximate surface area is 227 Å². The quantitative estimate of drug-likeness (QED) is 0.150. The molecule has 0 bridgehead atoms. The van der Waals surface area contributed by atoms with Gasteiger partial charge < -0.3 is 31.4 Å². The number of amides is 3. The second kappa shape index (κ2) is 14.0. The Bertz CT molecular complexity index is 1090. The molecule has 216 valence electrons. The van der Waals surface area contributed by atoms with Crippen LogP contribution in [0.25, 0.3) is 0 Å². The zero-order valence-electron chi connectivity index (χ0n) is 23.2. The molecule has 1 aromatic carbocycles. The number of nitrogens with zero attached hydrogens (tertiary/aromatic N) is 2. The van der Waals surface area contributed by atoms with E-state index in [0.29, 0.717) is 6.42 Å². The van der Waals surface area contributed by atoms with E-state index in [9.17, 15) is 24.3 Å². The first-order chi connectivity index (χ1) is 17.9. The number of nitrogens with two attached hydrogens (primary N) is 2. The van der Waals surface area contributed by atoms with Gasteiger partial charge in [0.2, 0.25) is 5.96 Å². The van der Waals surface area contributed by atoms with E-state index in [2.05, 4.69) is 15.6 Å². The molecule has 0 aliphatic rings. The van der Waals surface area contributed by atoms with Crippen molar-refractivity contribution in [3.8, 4) is 0 Å². The number of aliphatic carboxylic acids is 1. The van der Waals surface area contributed by atoms with Crippen LogP contribution < -0.4 is 22.1 Å². The molecule has 0 spiro atoms. The molecule has 0 aromatic heterocycles. The molecular weight excluding hydrogens is 510 g/mol. The topological polar surface area (TPSA) is 223 Å². The van der Waals surface area contributed by atoms with Gasteiger partial charge >= 0.3 is 18.2 Å². The van der Waals surface area contributed by atoms with Crippen LogP contribution >= 0.6 is 0 Å². The Morgan fingerprint density at radius 3 is 2.18 bits per heavy atom. The first-order valence-corrected chi connectivity index (χ1v) is 12.2. The molecule has 1 aromatic rings. The lowest BCUT2D eigenvalue weighted by atomic mass is 10.0. The van der Waals surface area contributed by atoms with Crippen LogP contribution in [-0.2, 0) is 20.8 Å². The number of hydrogen-bond donors (Lipinski definition) is 6. The molecule has 39 heavy (non-hydrogen) atoms. The molecule has 0 aliphatic carbocycles. The van der Waals surface area contributed by atoms with Crippen molar-refractivity contribution in [3.63, 3.8) is 0 Å². The highest BCUT2D eigenvalue weighted by Crippen LogP contribution is 2.17. The number of carbonyl (C=O) groups excluding carboxylic acids is 3. The normalized spacial score (nSPS) is 11.9. The van der Waals surface area contributed by atoms with Gasteiger partial charge in [-0.2, -0.15) is 0 Å². The number of carboxylic acid groups (broad SMARTS) is 1. The zero-order valence-corrected chi connectivity index (χ0v) is 23.2. The van der Waals surface area contributed by atoms with Gasteiger partial charge in [0.25, 0.3) is 5.91 Å². The fourth-order valence-corrected chi connectivity index (χ4v) is 3.07. The summed E-state index contributed by atoms with van der Waals surface area (Å²) in [7, 11) is 0. The van der Waals surface area contributed by atoms with Crippen molar-refractivity contribution < 1.29 is 33.8 Å². The van der Waals surface area contributed by atoms with Gasteiger partial charge in [0.05, 0.1) is 6.54 Å². The molecule has 0 aliphatic heterocycles. The smallest absolute Gasteiger partial charge is 0.417 e. The van der Waals surface area contributed by atoms with Gasteiger partial charge in [0, 0.05) is 12.1 Å². The van der Waals surface area contributed by atoms with Gasteiger partial charge in [-0.25, -0.2) is 19.3 Å². The lowest BCUT2D eigenvalue weighted by Gasteiger charge is -2.28. The number of carbonyl (C=O) groups is 4. The Balaban J connectivity index is 3.20. The molecule has 0 saturated heterocycles. The van der Waals surface area contributed by atoms with Gasteiger partial charge in [0.1, 0.15) is 17.2 Å². The van der Waals surface area contributed by atoms with Gasteiger partial charge in [-0.15, -0.1) is 0 Å². The number of hydrogen-bond acceptors (Lipinski definition) is 8. The highest BCUT2D eigenvalue weighted by Gasteiger charge is 2.29. The van der Waals surface area contributed by atoms with Crippen molar-refractivity contribution in [3.05, 3.63) is 35.4 Å². The Morgan fingerprint density at radius 1 is 1.05 bits per heavy atom. The van der Waals surface area contributed by atoms with Crippen LogP contribution in [0, 0.1) is 5.41 Å². The van der Waals surface area contributed by atoms with Crippen molar-refractivity contribution in [2.24, 2.45) is 16.5 Å². The van der Waals surface area contributed by atoms with Gasteiger partial charge in [-0.1, -0.05) is 18.2 Å². The van der Waals surface area contributed by atoms with Crippen LogP contribution in [0.4, 0.5) is 9.59 Å². The van der Waals surface area contributed by atoms with E-state index in [1.165, 1.54) is 12.1 Å². The van der Waals surface area contributed by atoms with Gasteiger partial charge in [-0.3, -0.25) is 20.5 Å². The molecule has 0 radical (unpaired) electrons. The van der Waals surface area contributed by atoms with Crippen LogP contribution in [0.2, 0.25) is 0 Å². The molecule has 14 heteroatoms. The summed E-state index contributed by atoms with van der Waals surface area (Å²) >= 11 is 0. The van der Waals surface area contributed by atoms with E-state index in [-0.39, 0.29) is 36.6 Å². The van der Waals surface area contributed by atoms with Crippen molar-refractivity contribution in [1.29, 1.82) is 5.41 Å². The summed E-state index contributed by atoms with van der Waals surface area (Å²) in [6, 6.07) is 4.92. The summed E-state index contributed by atoms with van der Waals surface area (Å²) in [4.78, 5) is 54.7. The molecule has 1 rings (SSSR count). The lowest BCUT2D eigenvalue weighted by Crippen LogP contribution is -2.49. The minimum absolute atomic E-state index is 0.0617. The molecule has 14 nitrogen and oxygen atoms in total. The number of carboxylic acids is 1. The fraction of sp³-hybridized carbons (Fsp3) is 0.520. The molecule has 8 N–H and O–H groups in total. The minimum atomic E-state index is -1.25. The maximum atomic E-state index is 13.1. The van der Waals surface area contributed by atoms with E-state index in [1.807, 2.05) is 0 Å². The molecule has 0 heterocycles. The third-order valence-electron chi connectivity index (χ3n) is 4.64. The van der Waals surface area contributed by atoms with E-state index >= 15 is 0 Å². The molecule has 3 amide bonds. The number of benzene rings is 1. The molecular formula is C25H39N7O7. The Kier molecular flexibility index (Phi) is 11.7. The van der Waals surface area contributed by atoms with E-state index in [1.54, 1.807) is 53.7 Å². The lowest BCUT2D eigenvalue weighted by molar-refractivity contribution is -0.139. The van der Waals surface area contributed by atoms with Crippen LogP contribution in [-0.4, -0.2) is 69.8 Å². The van der Waals surface area contributed by atoms with E-state index < -0.39 is 47.3 Å². The van der Waals surface area contributed by atoms with Crippen LogP contribution in [0.15, 0.2) is 29.3 Å². The Hall–Kier alpha value is -4.36. The summed E-state index contributed by atoms with van der Waals surface area (Å²) in [5.41, 5.74) is 9.09. The second-order valence-corrected chi connectivity index (χ2v) is 10.5. The first-order valence-electron chi connectivity index (χ1n) is 12.2. The predicted octanol–water partition coefficient (Wildman–Crippen LogP) is 2.12. The van der Waals surface area contributed by atoms with E-state index in [4.69, 9.17) is 26.4 Å². The van der Waals surface area contributed by atoms with E-state index in [0.717, 1.165) is 4.90 Å². The number of guanidine groups is 2. The fourth-order valence-electron chi connectivity index (χ4n) is 3.07. The number of alkyl carbamates (subject to hydrolysis) is 1. The number of ether oxygens (including phenoxy) is 2. The van der Waals surface area contributed by atoms with Crippen LogP contribution in [0.1, 0.15) is 70.3 Å². The van der Waals surface area contributed by atoms with Crippen LogP contribution in [0.5, 0.6) is 0 Å². The standard InChI is InChI=1S/C25H39N7O7/c1-24(2,3)38-22(36)31-21(28)32(23(37)39-25(4,5)6)14-15-10-7-8-11-16(15)18(33)30-17(19(34)35)12-9-13-29-20(26)27/h7-8,10-11,17H,9,12-14H2,1-6H3,(H,30,33)(H,34,35)(H4,26,27,29)(H2,28,31,36)/t17-/m0/s1. The maximum Gasteiger partial charge on any atom is 0.417 e. The summed E-state index contributed by atoms with van der Waals surface area (Å²) in [6.45, 7) is 9.66. The number of rotatable bonds is 9. The summed E-state index contributed by atoms with van der Waals surface area (Å²) in [5, 5.41) is 22.6. The SMILES string of the molecule is CC(C)(C)OC(=O)NC(=N)N(Cc1ccccc1C(=O)N[C@@H](CCCN=C(N)N)C(=O)O)C(=O)OC(C)(C)C. The monoisotopic (exact) mass is 549 g/mol. The van der Waals surface area contributed by atoms with Crippen molar-refractivity contribution in [2.75, 3.05) is 6.54 Å². The number of nitrogens with one attached hydrogen (secondary N) is 3. The minimum Gasteiger partial charge on any atom is -0.480 e. The number of aliphatic imine (C=N–C) groups is 1. The molecule has 0 unspecified atom stereocenters. The van der Waals surface area contributed by atoms with Gasteiger partial charge in [-0.05, 0) is 66.0 Å². The molecule has 1 atom stereocenters. The maximum absolute atomic E-state index is 13.1. The third kappa shape index (κ3) is 12.6. The zero-order chi connectivity index (χ0) is 30.0. The predicted molar refractivity (Wildman–Crippen MR) is 144 cm³/mol. The Morgan fingerprint density at radius 2 is 1.64 bits per heavy atom. The largest absolute Gasteiger partial charge is 0.480 e. The summed E-state index contributed by atoms with van der Waals surface area (Å²) < 4.78 is 10.6. The second-order valence-electron chi connectivity index (χ2n) is 10.5. The van der Waals surface area contributed by atoms with Crippen LogP contribution in [0.3, 0.4) is 0 Å². The average Bonchev–Trinajstić information content (AvgIpc) is 2.76. The molecule has 0 saturated carbocycles. The van der Waals surface area contributed by atoms with Crippen molar-refractivity contribution in [1.82, 2.24) is 15.5 Å². The highest BCUT2D eigenvalue weighted by atomic mass is 16.6. The third-order valence-corrected chi connectivity index (χ3v) is 4.64. The van der Waals surface area contributed by atoms with Crippen molar-refractivity contribution in [2.45, 2.75) is 78.2 Å².